The van der Waals surface area contributed by atoms with Gasteiger partial charge in [-0.3, -0.25) is 4.98 Å². The molecule has 3 nitrogen and oxygen atoms in total. The summed E-state index contributed by atoms with van der Waals surface area (Å²) >= 11 is 0. The van der Waals surface area contributed by atoms with Gasteiger partial charge in [0.1, 0.15) is 0 Å². The molecule has 0 aromatic carbocycles. The molecule has 0 amide bonds. The minimum absolute atomic E-state index is 0.277. The van der Waals surface area contributed by atoms with Crippen molar-refractivity contribution >= 4 is 0 Å². The van der Waals surface area contributed by atoms with Crippen LogP contribution in [0.15, 0.2) is 43.0 Å². The summed E-state index contributed by atoms with van der Waals surface area (Å²) in [5.74, 6) is 0. The van der Waals surface area contributed by atoms with Crippen molar-refractivity contribution in [3.63, 3.8) is 0 Å². The minimum atomic E-state index is 0.277. The molecule has 2 N–H and O–H groups in total. The molecule has 0 saturated carbocycles. The Bertz CT molecular complexity index is 462. The number of nitrogens with two attached hydrogens (primary N) is 1. The molecule has 1 unspecified atom stereocenters. The van der Waals surface area contributed by atoms with Gasteiger partial charge in [0.25, 0.3) is 0 Å². The highest BCUT2D eigenvalue weighted by Gasteiger charge is 2.03. The molecule has 2 aromatic heterocycles. The van der Waals surface area contributed by atoms with E-state index in [2.05, 4.69) is 41.0 Å². The summed E-state index contributed by atoms with van der Waals surface area (Å²) in [6.07, 6.45) is 11.1. The van der Waals surface area contributed by atoms with Crippen molar-refractivity contribution in [2.45, 2.75) is 38.8 Å². The Morgan fingerprint density at radius 3 is 2.94 bits per heavy atom. The number of hydrogen-bond acceptors (Lipinski definition) is 2. The van der Waals surface area contributed by atoms with Gasteiger partial charge in [0.15, 0.2) is 0 Å². The molecule has 2 rings (SSSR count). The van der Waals surface area contributed by atoms with Crippen LogP contribution < -0.4 is 5.73 Å². The summed E-state index contributed by atoms with van der Waals surface area (Å²) in [4.78, 5) is 4.13. The predicted octanol–water partition coefficient (Wildman–Crippen LogP) is 2.41. The van der Waals surface area contributed by atoms with Crippen molar-refractivity contribution in [1.82, 2.24) is 9.55 Å². The van der Waals surface area contributed by atoms with E-state index in [1.165, 1.54) is 11.1 Å². The maximum atomic E-state index is 5.96. The third-order valence-electron chi connectivity index (χ3n) is 3.22. The van der Waals surface area contributed by atoms with Crippen molar-refractivity contribution < 1.29 is 0 Å². The van der Waals surface area contributed by atoms with Gasteiger partial charge in [0, 0.05) is 37.4 Å². The van der Waals surface area contributed by atoms with Gasteiger partial charge in [-0.2, -0.15) is 0 Å². The second-order valence-corrected chi connectivity index (χ2v) is 4.74. The first-order valence-electron chi connectivity index (χ1n) is 6.57. The Morgan fingerprint density at radius 1 is 1.33 bits per heavy atom. The van der Waals surface area contributed by atoms with E-state index < -0.39 is 0 Å². The molecule has 96 valence electrons. The minimum Gasteiger partial charge on any atom is -0.354 e. The van der Waals surface area contributed by atoms with Crippen LogP contribution in [0, 0.1) is 0 Å². The molecule has 0 aliphatic rings. The van der Waals surface area contributed by atoms with E-state index in [-0.39, 0.29) is 6.04 Å². The van der Waals surface area contributed by atoms with Crippen LogP contribution in [0.5, 0.6) is 0 Å². The molecule has 0 aliphatic carbocycles. The molecule has 2 aromatic rings. The second-order valence-electron chi connectivity index (χ2n) is 4.74. The van der Waals surface area contributed by atoms with Crippen LogP contribution in [0.25, 0.3) is 0 Å². The van der Waals surface area contributed by atoms with Crippen LogP contribution >= 0.6 is 0 Å². The summed E-state index contributed by atoms with van der Waals surface area (Å²) < 4.78 is 2.23. The van der Waals surface area contributed by atoms with E-state index >= 15 is 0 Å². The lowest BCUT2D eigenvalue weighted by Gasteiger charge is -2.06. The Kier molecular flexibility index (Phi) is 4.53. The lowest BCUT2D eigenvalue weighted by atomic mass is 10.1. The number of hydrogen-bond donors (Lipinski definition) is 1. The van der Waals surface area contributed by atoms with Crippen molar-refractivity contribution in [3.05, 3.63) is 54.1 Å². The monoisotopic (exact) mass is 243 g/mol. The Morgan fingerprint density at radius 2 is 2.22 bits per heavy atom. The van der Waals surface area contributed by atoms with Gasteiger partial charge in [-0.05, 0) is 42.5 Å². The summed E-state index contributed by atoms with van der Waals surface area (Å²) in [6, 6.07) is 6.54. The number of pyridine rings is 1. The van der Waals surface area contributed by atoms with Gasteiger partial charge in [-0.15, -0.1) is 0 Å². The molecule has 0 radical (unpaired) electrons. The fraction of sp³-hybridized carbons (Fsp3) is 0.400. The van der Waals surface area contributed by atoms with E-state index in [1.807, 2.05) is 18.5 Å². The molecule has 0 saturated heterocycles. The quantitative estimate of drug-likeness (QED) is 0.846. The number of aromatic nitrogens is 2. The maximum Gasteiger partial charge on any atom is 0.0300 e. The highest BCUT2D eigenvalue weighted by molar-refractivity contribution is 5.13. The second kappa shape index (κ2) is 6.36. The Labute approximate surface area is 109 Å². The SMILES string of the molecule is CCC(N)Cc1ccn(CCc2cccnc2)c1. The molecule has 0 fully saturated rings. The first-order chi connectivity index (χ1) is 8.78. The average Bonchev–Trinajstić information content (AvgIpc) is 2.85. The van der Waals surface area contributed by atoms with E-state index in [1.54, 1.807) is 0 Å². The summed E-state index contributed by atoms with van der Waals surface area (Å²) in [5, 5.41) is 0. The van der Waals surface area contributed by atoms with Crippen molar-refractivity contribution in [1.29, 1.82) is 0 Å². The van der Waals surface area contributed by atoms with Gasteiger partial charge in [-0.1, -0.05) is 13.0 Å². The average molecular weight is 243 g/mol. The Balaban J connectivity index is 1.87. The summed E-state index contributed by atoms with van der Waals surface area (Å²) in [7, 11) is 0. The lowest BCUT2D eigenvalue weighted by molar-refractivity contribution is 0.642. The molecular formula is C15H21N3. The van der Waals surface area contributed by atoms with Gasteiger partial charge in [-0.25, -0.2) is 0 Å². The van der Waals surface area contributed by atoms with Crippen LogP contribution in [-0.4, -0.2) is 15.6 Å². The van der Waals surface area contributed by atoms with Crippen LogP contribution in [0.2, 0.25) is 0 Å². The fourth-order valence-corrected chi connectivity index (χ4v) is 2.00. The van der Waals surface area contributed by atoms with E-state index in [4.69, 9.17) is 5.73 Å². The standard InChI is InChI=1S/C15H21N3/c1-2-15(16)10-14-6-9-18(12-14)8-5-13-4-3-7-17-11-13/h3-4,6-7,9,11-12,15H,2,5,8,10,16H2,1H3. The molecule has 3 heteroatoms. The molecule has 1 atom stereocenters. The van der Waals surface area contributed by atoms with E-state index in [0.29, 0.717) is 0 Å². The Hall–Kier alpha value is -1.61. The van der Waals surface area contributed by atoms with Gasteiger partial charge in [0.2, 0.25) is 0 Å². The van der Waals surface area contributed by atoms with Crippen molar-refractivity contribution in [2.24, 2.45) is 5.73 Å². The molecule has 0 aliphatic heterocycles. The largest absolute Gasteiger partial charge is 0.354 e. The van der Waals surface area contributed by atoms with Crippen LogP contribution in [-0.2, 0) is 19.4 Å². The molecule has 0 bridgehead atoms. The van der Waals surface area contributed by atoms with Gasteiger partial charge < -0.3 is 10.3 Å². The molecule has 2 heterocycles. The zero-order valence-electron chi connectivity index (χ0n) is 10.9. The van der Waals surface area contributed by atoms with Crippen molar-refractivity contribution in [2.75, 3.05) is 0 Å². The topological polar surface area (TPSA) is 43.8 Å². The number of nitrogens with zero attached hydrogens (tertiary/aromatic N) is 2. The number of rotatable bonds is 6. The molecule has 0 spiro atoms. The highest BCUT2D eigenvalue weighted by atomic mass is 14.9. The van der Waals surface area contributed by atoms with E-state index in [9.17, 15) is 0 Å². The van der Waals surface area contributed by atoms with Crippen LogP contribution in [0.3, 0.4) is 0 Å². The van der Waals surface area contributed by atoms with Gasteiger partial charge in [0.05, 0.1) is 0 Å². The fourth-order valence-electron chi connectivity index (χ4n) is 2.00. The number of aryl methyl sites for hydroxylation is 2. The zero-order valence-corrected chi connectivity index (χ0v) is 10.9. The third kappa shape index (κ3) is 3.70. The summed E-state index contributed by atoms with van der Waals surface area (Å²) in [6.45, 7) is 3.12. The lowest BCUT2D eigenvalue weighted by Crippen LogP contribution is -2.21. The highest BCUT2D eigenvalue weighted by Crippen LogP contribution is 2.07. The van der Waals surface area contributed by atoms with E-state index in [0.717, 1.165) is 25.8 Å². The molecule has 18 heavy (non-hydrogen) atoms. The third-order valence-corrected chi connectivity index (χ3v) is 3.22. The first-order valence-corrected chi connectivity index (χ1v) is 6.57. The van der Waals surface area contributed by atoms with Gasteiger partial charge >= 0.3 is 0 Å². The van der Waals surface area contributed by atoms with Crippen LogP contribution in [0.4, 0.5) is 0 Å². The first kappa shape index (κ1) is 12.8. The summed E-state index contributed by atoms with van der Waals surface area (Å²) in [5.41, 5.74) is 8.57. The smallest absolute Gasteiger partial charge is 0.0300 e. The normalized spacial score (nSPS) is 12.6. The predicted molar refractivity (Wildman–Crippen MR) is 74.3 cm³/mol. The maximum absolute atomic E-state index is 5.96. The molecular weight excluding hydrogens is 222 g/mol. The zero-order chi connectivity index (χ0) is 12.8. The van der Waals surface area contributed by atoms with Crippen LogP contribution in [0.1, 0.15) is 24.5 Å². The van der Waals surface area contributed by atoms with Crippen molar-refractivity contribution in [3.8, 4) is 0 Å².